The van der Waals surface area contributed by atoms with Crippen molar-refractivity contribution in [1.82, 2.24) is 4.98 Å². The Hall–Kier alpha value is -1.26. The predicted octanol–water partition coefficient (Wildman–Crippen LogP) is 2.29. The van der Waals surface area contributed by atoms with Gasteiger partial charge in [-0.15, -0.1) is 13.2 Å². The number of hydrogen-bond donors (Lipinski definition) is 1. The fourth-order valence-electron chi connectivity index (χ4n) is 1.00. The van der Waals surface area contributed by atoms with Crippen LogP contribution in [0, 0.1) is 3.70 Å². The monoisotopic (exact) mass is 363 g/mol. The molecular weight excluding hydrogens is 358 g/mol. The number of carboxylic acids is 1. The Morgan fingerprint density at radius 2 is 2.12 bits per heavy atom. The maximum absolute atomic E-state index is 11.9. The Labute approximate surface area is 107 Å². The van der Waals surface area contributed by atoms with Crippen LogP contribution in [0.2, 0.25) is 0 Å². The molecule has 0 bridgehead atoms. The fraction of sp³-hybridized carbons (Fsp3) is 0.250. The van der Waals surface area contributed by atoms with Crippen LogP contribution in [0.3, 0.4) is 0 Å². The first-order chi connectivity index (χ1) is 7.74. The first-order valence-electron chi connectivity index (χ1n) is 3.98. The van der Waals surface area contributed by atoms with Crippen molar-refractivity contribution in [3.8, 4) is 11.6 Å². The van der Waals surface area contributed by atoms with Crippen LogP contribution in [-0.2, 0) is 0 Å². The number of alkyl halides is 3. The van der Waals surface area contributed by atoms with Gasteiger partial charge in [0.1, 0.15) is 9.26 Å². The summed E-state index contributed by atoms with van der Waals surface area (Å²) in [5, 5.41) is 8.80. The summed E-state index contributed by atoms with van der Waals surface area (Å²) >= 11 is 1.55. The van der Waals surface area contributed by atoms with Gasteiger partial charge in [0, 0.05) is 6.07 Å². The molecule has 0 saturated heterocycles. The van der Waals surface area contributed by atoms with Crippen molar-refractivity contribution in [2.45, 2.75) is 6.36 Å². The van der Waals surface area contributed by atoms with E-state index in [9.17, 15) is 18.0 Å². The smallest absolute Gasteiger partial charge is 0.493 e. The van der Waals surface area contributed by atoms with E-state index in [4.69, 9.17) is 9.84 Å². The lowest BCUT2D eigenvalue weighted by Crippen LogP contribution is -2.19. The predicted molar refractivity (Wildman–Crippen MR) is 57.1 cm³/mol. The van der Waals surface area contributed by atoms with Crippen LogP contribution in [0.5, 0.6) is 11.6 Å². The molecule has 1 N–H and O–H groups in total. The Balaban J connectivity index is 3.25. The first kappa shape index (κ1) is 13.8. The van der Waals surface area contributed by atoms with E-state index in [1.807, 2.05) is 0 Å². The quantitative estimate of drug-likeness (QED) is 0.660. The molecule has 0 amide bonds. The topological polar surface area (TPSA) is 68.7 Å². The molecule has 0 aliphatic carbocycles. The third-order valence-electron chi connectivity index (χ3n) is 1.56. The summed E-state index contributed by atoms with van der Waals surface area (Å²) in [7, 11) is 1.19. The third-order valence-corrected chi connectivity index (χ3v) is 2.29. The van der Waals surface area contributed by atoms with Crippen LogP contribution in [-0.4, -0.2) is 29.5 Å². The number of rotatable bonds is 3. The largest absolute Gasteiger partial charge is 0.574 e. The molecule has 0 aromatic carbocycles. The second-order valence-electron chi connectivity index (χ2n) is 2.69. The van der Waals surface area contributed by atoms with Crippen molar-refractivity contribution in [2.24, 2.45) is 0 Å². The van der Waals surface area contributed by atoms with E-state index in [0.717, 1.165) is 0 Å². The summed E-state index contributed by atoms with van der Waals surface area (Å²) in [6, 6.07) is 0.650. The summed E-state index contributed by atoms with van der Waals surface area (Å²) < 4.78 is 44.1. The molecule has 17 heavy (non-hydrogen) atoms. The zero-order valence-electron chi connectivity index (χ0n) is 8.21. The first-order valence-corrected chi connectivity index (χ1v) is 5.06. The molecule has 0 spiro atoms. The van der Waals surface area contributed by atoms with E-state index >= 15 is 0 Å². The lowest BCUT2D eigenvalue weighted by molar-refractivity contribution is -0.276. The van der Waals surface area contributed by atoms with Gasteiger partial charge in [-0.05, 0) is 22.6 Å². The van der Waals surface area contributed by atoms with E-state index in [1.54, 1.807) is 22.6 Å². The fourth-order valence-corrected chi connectivity index (χ4v) is 1.75. The Kier molecular flexibility index (Phi) is 4.01. The summed E-state index contributed by atoms with van der Waals surface area (Å²) in [6.07, 6.45) is -4.93. The van der Waals surface area contributed by atoms with Gasteiger partial charge < -0.3 is 14.6 Å². The van der Waals surface area contributed by atoms with Crippen molar-refractivity contribution in [3.05, 3.63) is 15.3 Å². The highest BCUT2D eigenvalue weighted by Crippen LogP contribution is 2.30. The van der Waals surface area contributed by atoms with Crippen molar-refractivity contribution < 1.29 is 32.5 Å². The molecular formula is C8H5F3INO4. The third kappa shape index (κ3) is 3.61. The van der Waals surface area contributed by atoms with Gasteiger partial charge in [0.25, 0.3) is 0 Å². The Morgan fingerprint density at radius 1 is 1.53 bits per heavy atom. The SMILES string of the molecule is COc1c(C(=O)O)cc(OC(F)(F)F)nc1I. The minimum atomic E-state index is -4.93. The van der Waals surface area contributed by atoms with Crippen molar-refractivity contribution in [3.63, 3.8) is 0 Å². The summed E-state index contributed by atoms with van der Waals surface area (Å²) in [5.41, 5.74) is -0.453. The highest BCUT2D eigenvalue weighted by molar-refractivity contribution is 14.1. The zero-order valence-corrected chi connectivity index (χ0v) is 10.4. The number of methoxy groups -OCH3 is 1. The molecule has 0 atom stereocenters. The summed E-state index contributed by atoms with van der Waals surface area (Å²) in [4.78, 5) is 14.2. The van der Waals surface area contributed by atoms with Crippen molar-refractivity contribution in [1.29, 1.82) is 0 Å². The lowest BCUT2D eigenvalue weighted by Gasteiger charge is -2.11. The van der Waals surface area contributed by atoms with Crippen LogP contribution in [0.1, 0.15) is 10.4 Å². The Bertz CT molecular complexity index is 449. The molecule has 0 radical (unpaired) electrons. The van der Waals surface area contributed by atoms with Crippen LogP contribution >= 0.6 is 22.6 Å². The minimum Gasteiger partial charge on any atom is -0.493 e. The number of nitrogens with zero attached hydrogens (tertiary/aromatic N) is 1. The van der Waals surface area contributed by atoms with Crippen LogP contribution in [0.15, 0.2) is 6.07 Å². The van der Waals surface area contributed by atoms with Crippen LogP contribution in [0.25, 0.3) is 0 Å². The van der Waals surface area contributed by atoms with Gasteiger partial charge in [0.15, 0.2) is 5.75 Å². The number of carboxylic acid groups (broad SMARTS) is 1. The molecule has 1 aromatic rings. The standard InChI is InChI=1S/C8H5F3INO4/c1-16-5-3(7(14)15)2-4(13-6(5)12)17-8(9,10)11/h2H,1H3,(H,14,15). The maximum Gasteiger partial charge on any atom is 0.574 e. The number of halogens is 4. The van der Waals surface area contributed by atoms with Gasteiger partial charge in [-0.1, -0.05) is 0 Å². The van der Waals surface area contributed by atoms with E-state index in [-0.39, 0.29) is 9.45 Å². The zero-order chi connectivity index (χ0) is 13.2. The average Bonchev–Trinajstić information content (AvgIpc) is 2.13. The van der Waals surface area contributed by atoms with Gasteiger partial charge in [0.2, 0.25) is 5.88 Å². The molecule has 94 valence electrons. The molecule has 0 aliphatic rings. The van der Waals surface area contributed by atoms with E-state index in [2.05, 4.69) is 9.72 Å². The van der Waals surface area contributed by atoms with Crippen LogP contribution < -0.4 is 9.47 Å². The van der Waals surface area contributed by atoms with Gasteiger partial charge in [0.05, 0.1) is 7.11 Å². The molecule has 1 aromatic heterocycles. The highest BCUT2D eigenvalue weighted by atomic mass is 127. The molecule has 0 saturated carbocycles. The maximum atomic E-state index is 11.9. The van der Waals surface area contributed by atoms with Crippen molar-refractivity contribution in [2.75, 3.05) is 7.11 Å². The van der Waals surface area contributed by atoms with Gasteiger partial charge >= 0.3 is 12.3 Å². The molecule has 1 heterocycles. The van der Waals surface area contributed by atoms with E-state index < -0.39 is 23.8 Å². The number of aromatic nitrogens is 1. The number of carbonyl (C=O) groups is 1. The second kappa shape index (κ2) is 4.94. The lowest BCUT2D eigenvalue weighted by atomic mass is 10.2. The second-order valence-corrected chi connectivity index (χ2v) is 3.71. The van der Waals surface area contributed by atoms with Crippen LogP contribution in [0.4, 0.5) is 13.2 Å². The number of ether oxygens (including phenoxy) is 2. The van der Waals surface area contributed by atoms with Gasteiger partial charge in [-0.2, -0.15) is 0 Å². The van der Waals surface area contributed by atoms with E-state index in [1.165, 1.54) is 7.11 Å². The minimum absolute atomic E-state index is 0.0377. The summed E-state index contributed by atoms with van der Waals surface area (Å²) in [5.74, 6) is -2.40. The molecule has 0 aliphatic heterocycles. The number of pyridine rings is 1. The number of hydrogen-bond acceptors (Lipinski definition) is 4. The molecule has 1 rings (SSSR count). The van der Waals surface area contributed by atoms with Crippen molar-refractivity contribution >= 4 is 28.6 Å². The van der Waals surface area contributed by atoms with Gasteiger partial charge in [-0.25, -0.2) is 9.78 Å². The molecule has 9 heteroatoms. The molecule has 0 unspecified atom stereocenters. The summed E-state index contributed by atoms with van der Waals surface area (Å²) in [6.45, 7) is 0. The molecule has 0 fully saturated rings. The normalized spacial score (nSPS) is 11.1. The number of aromatic carboxylic acids is 1. The van der Waals surface area contributed by atoms with E-state index in [0.29, 0.717) is 6.07 Å². The average molecular weight is 363 g/mol. The highest BCUT2D eigenvalue weighted by Gasteiger charge is 2.33. The Morgan fingerprint density at radius 3 is 2.53 bits per heavy atom. The molecule has 5 nitrogen and oxygen atoms in total. The van der Waals surface area contributed by atoms with Gasteiger partial charge in [-0.3, -0.25) is 0 Å².